The van der Waals surface area contributed by atoms with Crippen molar-refractivity contribution in [1.82, 2.24) is 0 Å². The number of amides is 1. The van der Waals surface area contributed by atoms with Crippen LogP contribution in [-0.2, 0) is 4.74 Å². The van der Waals surface area contributed by atoms with Crippen LogP contribution in [0.5, 0.6) is 0 Å². The van der Waals surface area contributed by atoms with E-state index in [1.807, 2.05) is 20.8 Å². The van der Waals surface area contributed by atoms with E-state index in [1.165, 1.54) is 0 Å². The fourth-order valence-corrected chi connectivity index (χ4v) is 0.689. The maximum atomic E-state index is 10.5. The highest BCUT2D eigenvalue weighted by molar-refractivity contribution is 6.01. The maximum absolute atomic E-state index is 10.5. The highest BCUT2D eigenvalue weighted by atomic mass is 16.6. The monoisotopic (exact) mass is 141 g/mol. The summed E-state index contributed by atoms with van der Waals surface area (Å²) in [6, 6.07) is 0. The molecule has 0 atom stereocenters. The fraction of sp³-hybridized carbons (Fsp3) is 0.714. The molecule has 0 saturated heterocycles. The second kappa shape index (κ2) is 2.08. The molecule has 10 heavy (non-hydrogen) atoms. The van der Waals surface area contributed by atoms with E-state index in [0.29, 0.717) is 6.61 Å². The molecular formula is C7H11NO2. The van der Waals surface area contributed by atoms with Gasteiger partial charge in [-0.1, -0.05) is 20.8 Å². The molecule has 0 radical (unpaired) electrons. The molecule has 0 aromatic carbocycles. The van der Waals surface area contributed by atoms with E-state index < -0.39 is 6.09 Å². The van der Waals surface area contributed by atoms with Crippen molar-refractivity contribution in [2.75, 3.05) is 6.61 Å². The van der Waals surface area contributed by atoms with E-state index in [2.05, 4.69) is 9.73 Å². The van der Waals surface area contributed by atoms with Gasteiger partial charge in [0.15, 0.2) is 0 Å². The van der Waals surface area contributed by atoms with Crippen LogP contribution in [0.4, 0.5) is 4.79 Å². The zero-order valence-corrected chi connectivity index (χ0v) is 6.47. The number of hydrogen-bond donors (Lipinski definition) is 0. The number of cyclic esters (lactones) is 1. The molecule has 0 N–H and O–H groups in total. The minimum atomic E-state index is -0.454. The molecule has 3 nitrogen and oxygen atoms in total. The van der Waals surface area contributed by atoms with Crippen LogP contribution in [0, 0.1) is 5.41 Å². The molecule has 1 heterocycles. The average Bonchev–Trinajstić information content (AvgIpc) is 2.11. The van der Waals surface area contributed by atoms with Gasteiger partial charge in [0.1, 0.15) is 6.61 Å². The molecule has 0 aliphatic carbocycles. The first-order valence-corrected chi connectivity index (χ1v) is 3.25. The molecule has 0 saturated carbocycles. The summed E-state index contributed by atoms with van der Waals surface area (Å²) in [7, 11) is 0. The van der Waals surface area contributed by atoms with Gasteiger partial charge in [0.05, 0.1) is 5.71 Å². The average molecular weight is 141 g/mol. The minimum absolute atomic E-state index is 0.0356. The lowest BCUT2D eigenvalue weighted by molar-refractivity contribution is 0.180. The van der Waals surface area contributed by atoms with E-state index in [1.54, 1.807) is 0 Å². The van der Waals surface area contributed by atoms with Gasteiger partial charge in [0, 0.05) is 5.41 Å². The SMILES string of the molecule is CC(C)(C)C1=NC(=O)OC1. The van der Waals surface area contributed by atoms with Crippen molar-refractivity contribution < 1.29 is 9.53 Å². The van der Waals surface area contributed by atoms with Crippen molar-refractivity contribution in [2.45, 2.75) is 20.8 Å². The molecule has 1 aliphatic heterocycles. The van der Waals surface area contributed by atoms with E-state index in [9.17, 15) is 4.79 Å². The zero-order valence-electron chi connectivity index (χ0n) is 6.47. The topological polar surface area (TPSA) is 38.7 Å². The Bertz CT molecular complexity index is 188. The van der Waals surface area contributed by atoms with Crippen LogP contribution in [0.25, 0.3) is 0 Å². The Balaban J connectivity index is 2.76. The molecule has 0 aromatic rings. The standard InChI is InChI=1S/C7H11NO2/c1-7(2,3)5-4-10-6(9)8-5/h4H2,1-3H3. The maximum Gasteiger partial charge on any atom is 0.434 e. The van der Waals surface area contributed by atoms with Crippen LogP contribution in [0.1, 0.15) is 20.8 Å². The second-order valence-electron chi connectivity index (χ2n) is 3.36. The van der Waals surface area contributed by atoms with Gasteiger partial charge in [-0.25, -0.2) is 4.79 Å². The molecule has 0 aromatic heterocycles. The molecule has 3 heteroatoms. The summed E-state index contributed by atoms with van der Waals surface area (Å²) in [6.45, 7) is 6.39. The lowest BCUT2D eigenvalue weighted by Gasteiger charge is -2.15. The van der Waals surface area contributed by atoms with E-state index in [4.69, 9.17) is 0 Å². The van der Waals surface area contributed by atoms with Gasteiger partial charge in [0.25, 0.3) is 0 Å². The first kappa shape index (κ1) is 7.25. The number of carbonyl (C=O) groups excluding carboxylic acids is 1. The smallest absolute Gasteiger partial charge is 0.434 e. The fourth-order valence-electron chi connectivity index (χ4n) is 0.689. The van der Waals surface area contributed by atoms with Crippen molar-refractivity contribution in [3.63, 3.8) is 0 Å². The van der Waals surface area contributed by atoms with E-state index >= 15 is 0 Å². The largest absolute Gasteiger partial charge is 0.442 e. The Morgan fingerprint density at radius 3 is 2.30 bits per heavy atom. The molecule has 0 fully saturated rings. The number of nitrogens with zero attached hydrogens (tertiary/aromatic N) is 1. The van der Waals surface area contributed by atoms with Crippen LogP contribution in [-0.4, -0.2) is 18.4 Å². The molecule has 0 spiro atoms. The van der Waals surface area contributed by atoms with Gasteiger partial charge in [0.2, 0.25) is 0 Å². The number of carbonyl (C=O) groups is 1. The quantitative estimate of drug-likeness (QED) is 0.514. The zero-order chi connectivity index (χ0) is 7.78. The Morgan fingerprint density at radius 2 is 2.10 bits per heavy atom. The van der Waals surface area contributed by atoms with Gasteiger partial charge in [-0.2, -0.15) is 4.99 Å². The number of ether oxygens (including phenoxy) is 1. The first-order chi connectivity index (χ1) is 4.50. The Kier molecular flexibility index (Phi) is 1.50. The second-order valence-corrected chi connectivity index (χ2v) is 3.36. The van der Waals surface area contributed by atoms with E-state index in [0.717, 1.165) is 5.71 Å². The predicted octanol–water partition coefficient (Wildman–Crippen LogP) is 1.62. The van der Waals surface area contributed by atoms with Gasteiger partial charge in [-0.05, 0) is 0 Å². The molecule has 0 unspecified atom stereocenters. The molecule has 1 rings (SSSR count). The predicted molar refractivity (Wildman–Crippen MR) is 38.2 cm³/mol. The van der Waals surface area contributed by atoms with Crippen LogP contribution in [0.15, 0.2) is 4.99 Å². The number of hydrogen-bond acceptors (Lipinski definition) is 2. The summed E-state index contributed by atoms with van der Waals surface area (Å²) in [6.07, 6.45) is -0.454. The lowest BCUT2D eigenvalue weighted by atomic mass is 9.91. The number of aliphatic imine (C=N–C) groups is 1. The van der Waals surface area contributed by atoms with Crippen molar-refractivity contribution in [2.24, 2.45) is 10.4 Å². The van der Waals surface area contributed by atoms with Gasteiger partial charge in [-0.3, -0.25) is 0 Å². The Labute approximate surface area is 60.1 Å². The Hall–Kier alpha value is -0.860. The molecular weight excluding hydrogens is 130 g/mol. The summed E-state index contributed by atoms with van der Waals surface area (Å²) in [5.41, 5.74) is 0.795. The summed E-state index contributed by atoms with van der Waals surface area (Å²) in [4.78, 5) is 14.2. The van der Waals surface area contributed by atoms with Crippen molar-refractivity contribution >= 4 is 11.8 Å². The highest BCUT2D eigenvalue weighted by Gasteiger charge is 2.25. The van der Waals surface area contributed by atoms with Gasteiger partial charge >= 0.3 is 6.09 Å². The molecule has 0 bridgehead atoms. The van der Waals surface area contributed by atoms with Gasteiger partial charge < -0.3 is 4.74 Å². The molecule has 56 valence electrons. The first-order valence-electron chi connectivity index (χ1n) is 3.25. The van der Waals surface area contributed by atoms with Crippen LogP contribution in [0.3, 0.4) is 0 Å². The number of rotatable bonds is 0. The third-order valence-corrected chi connectivity index (χ3v) is 1.42. The molecule has 1 amide bonds. The van der Waals surface area contributed by atoms with Crippen molar-refractivity contribution in [3.8, 4) is 0 Å². The van der Waals surface area contributed by atoms with E-state index in [-0.39, 0.29) is 5.41 Å². The van der Waals surface area contributed by atoms with Gasteiger partial charge in [-0.15, -0.1) is 0 Å². The third kappa shape index (κ3) is 1.35. The summed E-state index contributed by atoms with van der Waals surface area (Å²) in [5, 5.41) is 0. The summed E-state index contributed by atoms with van der Waals surface area (Å²) >= 11 is 0. The highest BCUT2D eigenvalue weighted by Crippen LogP contribution is 2.19. The summed E-state index contributed by atoms with van der Waals surface area (Å²) in [5.74, 6) is 0. The third-order valence-electron chi connectivity index (χ3n) is 1.42. The normalized spacial score (nSPS) is 18.7. The molecule has 1 aliphatic rings. The lowest BCUT2D eigenvalue weighted by Crippen LogP contribution is -2.21. The van der Waals surface area contributed by atoms with Crippen molar-refractivity contribution in [1.29, 1.82) is 0 Å². The van der Waals surface area contributed by atoms with Crippen LogP contribution in [0.2, 0.25) is 0 Å². The van der Waals surface area contributed by atoms with Crippen LogP contribution >= 0.6 is 0 Å². The minimum Gasteiger partial charge on any atom is -0.442 e. The summed E-state index contributed by atoms with van der Waals surface area (Å²) < 4.78 is 4.65. The Morgan fingerprint density at radius 1 is 1.50 bits per heavy atom. The van der Waals surface area contributed by atoms with Crippen LogP contribution < -0.4 is 0 Å². The van der Waals surface area contributed by atoms with Crippen molar-refractivity contribution in [3.05, 3.63) is 0 Å².